The van der Waals surface area contributed by atoms with Crippen LogP contribution in [0.4, 0.5) is 0 Å². The van der Waals surface area contributed by atoms with E-state index < -0.39 is 0 Å². The normalized spacial score (nSPS) is 21.2. The molecule has 0 amide bonds. The van der Waals surface area contributed by atoms with E-state index in [1.54, 1.807) is 7.11 Å². The number of nitrogens with zero attached hydrogens (tertiary/aromatic N) is 3. The van der Waals surface area contributed by atoms with Crippen molar-refractivity contribution in [3.8, 4) is 0 Å². The van der Waals surface area contributed by atoms with Crippen LogP contribution in [0.1, 0.15) is 32.5 Å². The maximum Gasteiger partial charge on any atom is 0.138 e. The zero-order chi connectivity index (χ0) is 13.0. The van der Waals surface area contributed by atoms with Crippen LogP contribution in [0.3, 0.4) is 0 Å². The van der Waals surface area contributed by atoms with E-state index in [0.717, 1.165) is 25.5 Å². The second-order valence-corrected chi connectivity index (χ2v) is 5.61. The predicted octanol–water partition coefficient (Wildman–Crippen LogP) is 1.20. The van der Waals surface area contributed by atoms with Gasteiger partial charge in [0.05, 0.1) is 6.61 Å². The molecule has 0 bridgehead atoms. The number of nitrogens with one attached hydrogen (secondary N) is 1. The first-order valence-electron chi connectivity index (χ1n) is 6.74. The van der Waals surface area contributed by atoms with E-state index in [1.165, 1.54) is 12.8 Å². The standard InChI is InChI=1S/C13H24N4O/c1-13(2,11-5-4-6-14-9-11)12-16-15-10-17(12)7-8-18-3/h10-11,14H,4-9H2,1-3H3. The minimum absolute atomic E-state index is 0.0532. The molecule has 1 N–H and O–H groups in total. The van der Waals surface area contributed by atoms with Crippen molar-refractivity contribution in [3.63, 3.8) is 0 Å². The third-order valence-electron chi connectivity index (χ3n) is 4.05. The van der Waals surface area contributed by atoms with Crippen LogP contribution >= 0.6 is 0 Å². The fourth-order valence-electron chi connectivity index (χ4n) is 2.76. The van der Waals surface area contributed by atoms with Crippen LogP contribution < -0.4 is 5.32 Å². The number of rotatable bonds is 5. The molecule has 0 spiro atoms. The van der Waals surface area contributed by atoms with Crippen molar-refractivity contribution in [2.45, 2.75) is 38.6 Å². The van der Waals surface area contributed by atoms with Crippen LogP contribution in [0.15, 0.2) is 6.33 Å². The zero-order valence-corrected chi connectivity index (χ0v) is 11.6. The summed E-state index contributed by atoms with van der Waals surface area (Å²) in [5, 5.41) is 11.9. The molecule has 0 radical (unpaired) electrons. The maximum absolute atomic E-state index is 5.14. The molecule has 102 valence electrons. The lowest BCUT2D eigenvalue weighted by molar-refractivity contribution is 0.180. The van der Waals surface area contributed by atoms with Crippen molar-refractivity contribution in [2.75, 3.05) is 26.8 Å². The Kier molecular flexibility index (Phi) is 4.35. The van der Waals surface area contributed by atoms with E-state index in [1.807, 2.05) is 6.33 Å². The zero-order valence-electron chi connectivity index (χ0n) is 11.6. The average molecular weight is 252 g/mol. The van der Waals surface area contributed by atoms with Gasteiger partial charge in [-0.3, -0.25) is 0 Å². The van der Waals surface area contributed by atoms with Crippen LogP contribution in [0.5, 0.6) is 0 Å². The largest absolute Gasteiger partial charge is 0.383 e. The molecule has 0 aromatic carbocycles. The Hall–Kier alpha value is -0.940. The van der Waals surface area contributed by atoms with Crippen molar-refractivity contribution < 1.29 is 4.74 Å². The van der Waals surface area contributed by atoms with Gasteiger partial charge < -0.3 is 14.6 Å². The highest BCUT2D eigenvalue weighted by Gasteiger charge is 2.36. The Morgan fingerprint density at radius 3 is 3.06 bits per heavy atom. The van der Waals surface area contributed by atoms with Gasteiger partial charge in [0.15, 0.2) is 0 Å². The summed E-state index contributed by atoms with van der Waals surface area (Å²) in [6.07, 6.45) is 4.32. The van der Waals surface area contributed by atoms with Gasteiger partial charge in [-0.2, -0.15) is 0 Å². The van der Waals surface area contributed by atoms with E-state index in [9.17, 15) is 0 Å². The van der Waals surface area contributed by atoms with Gasteiger partial charge in [0.2, 0.25) is 0 Å². The van der Waals surface area contributed by atoms with Gasteiger partial charge in [0.1, 0.15) is 12.2 Å². The predicted molar refractivity (Wildman–Crippen MR) is 70.5 cm³/mol. The summed E-state index contributed by atoms with van der Waals surface area (Å²) >= 11 is 0. The molecule has 2 rings (SSSR count). The number of methoxy groups -OCH3 is 1. The molecule has 1 aromatic heterocycles. The first-order chi connectivity index (χ1) is 8.66. The molecule has 1 unspecified atom stereocenters. The molecular weight excluding hydrogens is 228 g/mol. The van der Waals surface area contributed by atoms with E-state index in [-0.39, 0.29) is 5.41 Å². The highest BCUT2D eigenvalue weighted by molar-refractivity contribution is 5.08. The van der Waals surface area contributed by atoms with E-state index >= 15 is 0 Å². The Bertz CT molecular complexity index is 369. The van der Waals surface area contributed by atoms with Crippen LogP contribution in [0.25, 0.3) is 0 Å². The summed E-state index contributed by atoms with van der Waals surface area (Å²) in [4.78, 5) is 0. The molecule has 18 heavy (non-hydrogen) atoms. The minimum Gasteiger partial charge on any atom is -0.383 e. The molecule has 0 aliphatic carbocycles. The first kappa shape index (κ1) is 13.5. The Morgan fingerprint density at radius 1 is 1.56 bits per heavy atom. The molecule has 5 nitrogen and oxygen atoms in total. The summed E-state index contributed by atoms with van der Waals surface area (Å²) < 4.78 is 7.26. The Balaban J connectivity index is 2.14. The number of ether oxygens (including phenoxy) is 1. The van der Waals surface area contributed by atoms with Crippen LogP contribution in [-0.4, -0.2) is 41.6 Å². The molecule has 2 heterocycles. The van der Waals surface area contributed by atoms with Crippen molar-refractivity contribution in [2.24, 2.45) is 5.92 Å². The van der Waals surface area contributed by atoms with Crippen LogP contribution in [0.2, 0.25) is 0 Å². The minimum atomic E-state index is 0.0532. The number of piperidine rings is 1. The van der Waals surface area contributed by atoms with Crippen LogP contribution in [0, 0.1) is 5.92 Å². The van der Waals surface area contributed by atoms with Gasteiger partial charge >= 0.3 is 0 Å². The van der Waals surface area contributed by atoms with Gasteiger partial charge in [0.25, 0.3) is 0 Å². The first-order valence-corrected chi connectivity index (χ1v) is 6.74. The molecule has 1 aliphatic rings. The molecule has 0 saturated carbocycles. The smallest absolute Gasteiger partial charge is 0.138 e. The number of hydrogen-bond donors (Lipinski definition) is 1. The summed E-state index contributed by atoms with van der Waals surface area (Å²) in [6.45, 7) is 8.29. The fraction of sp³-hybridized carbons (Fsp3) is 0.846. The van der Waals surface area contributed by atoms with E-state index in [0.29, 0.717) is 12.5 Å². The third-order valence-corrected chi connectivity index (χ3v) is 4.05. The maximum atomic E-state index is 5.14. The highest BCUT2D eigenvalue weighted by atomic mass is 16.5. The van der Waals surface area contributed by atoms with Gasteiger partial charge in [-0.1, -0.05) is 13.8 Å². The number of hydrogen-bond acceptors (Lipinski definition) is 4. The van der Waals surface area contributed by atoms with Crippen molar-refractivity contribution in [3.05, 3.63) is 12.2 Å². The molecular formula is C13H24N4O. The second-order valence-electron chi connectivity index (χ2n) is 5.61. The summed E-state index contributed by atoms with van der Waals surface area (Å²) in [6, 6.07) is 0. The van der Waals surface area contributed by atoms with Crippen molar-refractivity contribution in [1.82, 2.24) is 20.1 Å². The summed E-state index contributed by atoms with van der Waals surface area (Å²) in [7, 11) is 1.72. The van der Waals surface area contributed by atoms with Gasteiger partial charge in [-0.25, -0.2) is 0 Å². The van der Waals surface area contributed by atoms with Gasteiger partial charge in [0, 0.05) is 19.1 Å². The number of aromatic nitrogens is 3. The van der Waals surface area contributed by atoms with Crippen molar-refractivity contribution >= 4 is 0 Å². The average Bonchev–Trinajstić information content (AvgIpc) is 2.86. The van der Waals surface area contributed by atoms with E-state index in [2.05, 4.69) is 33.9 Å². The lowest BCUT2D eigenvalue weighted by Crippen LogP contribution is -2.42. The van der Waals surface area contributed by atoms with Crippen molar-refractivity contribution in [1.29, 1.82) is 0 Å². The summed E-state index contributed by atoms with van der Waals surface area (Å²) in [5.74, 6) is 1.70. The Morgan fingerprint density at radius 2 is 2.39 bits per heavy atom. The molecule has 1 saturated heterocycles. The second kappa shape index (κ2) is 5.80. The third kappa shape index (κ3) is 2.72. The topological polar surface area (TPSA) is 52.0 Å². The molecule has 1 aliphatic heterocycles. The molecule has 1 fully saturated rings. The van der Waals surface area contributed by atoms with Gasteiger partial charge in [-0.15, -0.1) is 10.2 Å². The quantitative estimate of drug-likeness (QED) is 0.855. The summed E-state index contributed by atoms with van der Waals surface area (Å²) in [5.41, 5.74) is 0.0532. The van der Waals surface area contributed by atoms with Gasteiger partial charge in [-0.05, 0) is 31.8 Å². The van der Waals surface area contributed by atoms with E-state index in [4.69, 9.17) is 4.74 Å². The molecule has 1 atom stereocenters. The monoisotopic (exact) mass is 252 g/mol. The van der Waals surface area contributed by atoms with Crippen LogP contribution in [-0.2, 0) is 16.7 Å². The lowest BCUT2D eigenvalue weighted by Gasteiger charge is -2.36. The SMILES string of the molecule is COCCn1cnnc1C(C)(C)C1CCCNC1. The molecule has 5 heteroatoms. The fourth-order valence-corrected chi connectivity index (χ4v) is 2.76. The lowest BCUT2D eigenvalue weighted by atomic mass is 9.74. The Labute approximate surface area is 109 Å². The highest BCUT2D eigenvalue weighted by Crippen LogP contribution is 2.34. The molecule has 1 aromatic rings.